The number of nitrogens with zero attached hydrogens (tertiary/aromatic N) is 1. The average Bonchev–Trinajstić information content (AvgIpc) is 2.55. The molecule has 0 spiro atoms. The molecule has 122 valence electrons. The van der Waals surface area contributed by atoms with Gasteiger partial charge in [0, 0.05) is 18.3 Å². The smallest absolute Gasteiger partial charge is 0.145 e. The molecule has 2 aliphatic heterocycles. The van der Waals surface area contributed by atoms with Crippen LogP contribution in [-0.2, 0) is 0 Å². The van der Waals surface area contributed by atoms with Crippen LogP contribution in [0.25, 0.3) is 0 Å². The van der Waals surface area contributed by atoms with Gasteiger partial charge in [-0.3, -0.25) is 0 Å². The third-order valence-electron chi connectivity index (χ3n) is 5.36. The van der Waals surface area contributed by atoms with Crippen LogP contribution < -0.4 is 20.7 Å². The second-order valence-corrected chi connectivity index (χ2v) is 6.79. The molecule has 2 aliphatic rings. The molecule has 0 saturated carbocycles. The molecule has 1 aromatic carbocycles. The van der Waals surface area contributed by atoms with E-state index < -0.39 is 0 Å². The molecule has 2 heterocycles. The lowest BCUT2D eigenvalue weighted by atomic mass is 9.91. The minimum atomic E-state index is -0.0757. The summed E-state index contributed by atoms with van der Waals surface area (Å²) >= 11 is 0. The first-order valence-electron chi connectivity index (χ1n) is 8.70. The minimum Gasteiger partial charge on any atom is -0.483 e. The molecule has 4 heteroatoms. The molecule has 3 rings (SSSR count). The molecule has 0 aromatic heterocycles. The molecule has 0 aliphatic carbocycles. The summed E-state index contributed by atoms with van der Waals surface area (Å²) in [5, 5.41) is 3.46. The van der Waals surface area contributed by atoms with Crippen molar-refractivity contribution < 1.29 is 4.74 Å². The van der Waals surface area contributed by atoms with Crippen LogP contribution in [0.3, 0.4) is 0 Å². The van der Waals surface area contributed by atoms with Gasteiger partial charge in [0.2, 0.25) is 0 Å². The number of nitrogen functional groups attached to an aromatic ring is 1. The number of benzene rings is 1. The maximum atomic E-state index is 6.38. The molecule has 1 saturated heterocycles. The summed E-state index contributed by atoms with van der Waals surface area (Å²) < 4.78 is 6.38. The molecule has 0 unspecified atom stereocenters. The van der Waals surface area contributed by atoms with Gasteiger partial charge >= 0.3 is 0 Å². The van der Waals surface area contributed by atoms with Gasteiger partial charge in [0.25, 0.3) is 0 Å². The van der Waals surface area contributed by atoms with E-state index in [1.165, 1.54) is 18.5 Å². The maximum Gasteiger partial charge on any atom is 0.145 e. The van der Waals surface area contributed by atoms with Crippen molar-refractivity contribution in [3.05, 3.63) is 18.2 Å². The zero-order valence-corrected chi connectivity index (χ0v) is 13.9. The van der Waals surface area contributed by atoms with Gasteiger partial charge in [0.1, 0.15) is 11.4 Å². The van der Waals surface area contributed by atoms with Crippen LogP contribution in [-0.4, -0.2) is 31.8 Å². The number of piperidine rings is 1. The summed E-state index contributed by atoms with van der Waals surface area (Å²) in [6, 6.07) is 6.10. The van der Waals surface area contributed by atoms with Crippen molar-refractivity contribution in [2.45, 2.75) is 45.1 Å². The van der Waals surface area contributed by atoms with Crippen LogP contribution in [0, 0.1) is 5.92 Å². The van der Waals surface area contributed by atoms with E-state index in [1.54, 1.807) is 0 Å². The van der Waals surface area contributed by atoms with Crippen LogP contribution in [0.15, 0.2) is 18.2 Å². The Labute approximate surface area is 134 Å². The second kappa shape index (κ2) is 6.37. The maximum absolute atomic E-state index is 6.38. The summed E-state index contributed by atoms with van der Waals surface area (Å²) in [6.07, 6.45) is 4.60. The number of fused-ring (bicyclic) bond motifs is 1. The number of nitrogens with one attached hydrogen (secondary N) is 1. The van der Waals surface area contributed by atoms with Crippen LogP contribution >= 0.6 is 0 Å². The fourth-order valence-electron chi connectivity index (χ4n) is 3.73. The number of nitrogens with two attached hydrogens (primary N) is 1. The van der Waals surface area contributed by atoms with E-state index in [0.29, 0.717) is 0 Å². The standard InChI is InChI=1S/C18H29N3O/c1-3-18(4-2)13-21(12-14-7-9-20-10-8-14)16-6-5-15(19)11-17(16)22-18/h5-6,11,14,20H,3-4,7-10,12-13,19H2,1-2H3. The molecule has 0 amide bonds. The molecule has 0 radical (unpaired) electrons. The normalized spacial score (nSPS) is 21.3. The van der Waals surface area contributed by atoms with Gasteiger partial charge in [-0.2, -0.15) is 0 Å². The van der Waals surface area contributed by atoms with E-state index in [9.17, 15) is 0 Å². The zero-order valence-electron chi connectivity index (χ0n) is 13.9. The molecule has 3 N–H and O–H groups in total. The summed E-state index contributed by atoms with van der Waals surface area (Å²) in [6.45, 7) is 8.87. The van der Waals surface area contributed by atoms with E-state index >= 15 is 0 Å². The first kappa shape index (κ1) is 15.5. The van der Waals surface area contributed by atoms with Gasteiger partial charge in [-0.05, 0) is 56.8 Å². The molecule has 1 fully saturated rings. The SMILES string of the molecule is CCC1(CC)CN(CC2CCNCC2)c2ccc(N)cc2O1. The number of anilines is 2. The van der Waals surface area contributed by atoms with Crippen molar-refractivity contribution in [3.63, 3.8) is 0 Å². The van der Waals surface area contributed by atoms with Gasteiger partial charge in [0.15, 0.2) is 0 Å². The monoisotopic (exact) mass is 303 g/mol. The van der Waals surface area contributed by atoms with Gasteiger partial charge in [0.05, 0.1) is 12.2 Å². The molecule has 0 atom stereocenters. The molecule has 4 nitrogen and oxygen atoms in total. The van der Waals surface area contributed by atoms with Crippen molar-refractivity contribution in [1.82, 2.24) is 5.32 Å². The van der Waals surface area contributed by atoms with Crippen molar-refractivity contribution in [2.75, 3.05) is 36.8 Å². The lowest BCUT2D eigenvalue weighted by Gasteiger charge is -2.45. The minimum absolute atomic E-state index is 0.0757. The van der Waals surface area contributed by atoms with Gasteiger partial charge < -0.3 is 20.7 Å². The van der Waals surface area contributed by atoms with E-state index in [4.69, 9.17) is 10.5 Å². The predicted molar refractivity (Wildman–Crippen MR) is 92.6 cm³/mol. The quantitative estimate of drug-likeness (QED) is 0.840. The summed E-state index contributed by atoms with van der Waals surface area (Å²) in [5.74, 6) is 1.74. The third-order valence-corrected chi connectivity index (χ3v) is 5.36. The van der Waals surface area contributed by atoms with Gasteiger partial charge in [-0.1, -0.05) is 13.8 Å². The van der Waals surface area contributed by atoms with Gasteiger partial charge in [-0.25, -0.2) is 0 Å². The molecule has 0 bridgehead atoms. The second-order valence-electron chi connectivity index (χ2n) is 6.79. The number of hydrogen-bond acceptors (Lipinski definition) is 4. The van der Waals surface area contributed by atoms with Crippen LogP contribution in [0.2, 0.25) is 0 Å². The summed E-state index contributed by atoms with van der Waals surface area (Å²) in [5.41, 5.74) is 7.89. The largest absolute Gasteiger partial charge is 0.483 e. The Bertz CT molecular complexity index is 507. The van der Waals surface area contributed by atoms with E-state index in [1.807, 2.05) is 12.1 Å². The van der Waals surface area contributed by atoms with E-state index in [2.05, 4.69) is 30.1 Å². The van der Waals surface area contributed by atoms with E-state index in [-0.39, 0.29) is 5.60 Å². The number of rotatable bonds is 4. The molecular formula is C18H29N3O. The fraction of sp³-hybridized carbons (Fsp3) is 0.667. The highest BCUT2D eigenvalue weighted by Gasteiger charge is 2.37. The highest BCUT2D eigenvalue weighted by atomic mass is 16.5. The Morgan fingerprint density at radius 2 is 2.00 bits per heavy atom. The Hall–Kier alpha value is -1.42. The van der Waals surface area contributed by atoms with Crippen LogP contribution in [0.1, 0.15) is 39.5 Å². The first-order valence-corrected chi connectivity index (χ1v) is 8.70. The zero-order chi connectivity index (χ0) is 15.6. The Morgan fingerprint density at radius 3 is 2.68 bits per heavy atom. The highest BCUT2D eigenvalue weighted by molar-refractivity contribution is 5.65. The Morgan fingerprint density at radius 1 is 1.27 bits per heavy atom. The van der Waals surface area contributed by atoms with Crippen LogP contribution in [0.5, 0.6) is 5.75 Å². The lowest BCUT2D eigenvalue weighted by molar-refractivity contribution is 0.0562. The van der Waals surface area contributed by atoms with Crippen molar-refractivity contribution in [3.8, 4) is 5.75 Å². The summed E-state index contributed by atoms with van der Waals surface area (Å²) in [7, 11) is 0. The van der Waals surface area contributed by atoms with Crippen molar-refractivity contribution >= 4 is 11.4 Å². The van der Waals surface area contributed by atoms with E-state index in [0.717, 1.165) is 56.4 Å². The summed E-state index contributed by atoms with van der Waals surface area (Å²) in [4.78, 5) is 2.54. The van der Waals surface area contributed by atoms with Crippen molar-refractivity contribution in [2.24, 2.45) is 5.92 Å². The van der Waals surface area contributed by atoms with Gasteiger partial charge in [-0.15, -0.1) is 0 Å². The Balaban J connectivity index is 1.87. The highest BCUT2D eigenvalue weighted by Crippen LogP contribution is 2.41. The fourth-order valence-corrected chi connectivity index (χ4v) is 3.73. The predicted octanol–water partition coefficient (Wildman–Crippen LogP) is 3.03. The van der Waals surface area contributed by atoms with Crippen LogP contribution in [0.4, 0.5) is 11.4 Å². The third kappa shape index (κ3) is 3.02. The first-order chi connectivity index (χ1) is 10.7. The number of ether oxygens (including phenoxy) is 1. The average molecular weight is 303 g/mol. The molecule has 1 aromatic rings. The van der Waals surface area contributed by atoms with Crippen molar-refractivity contribution in [1.29, 1.82) is 0 Å². The molecule has 22 heavy (non-hydrogen) atoms. The lowest BCUT2D eigenvalue weighted by Crippen LogP contribution is -2.52. The molecular weight excluding hydrogens is 274 g/mol. The Kier molecular flexibility index (Phi) is 4.48. The topological polar surface area (TPSA) is 50.5 Å². The number of hydrogen-bond donors (Lipinski definition) is 2.